The Morgan fingerprint density at radius 3 is 2.80 bits per heavy atom. The summed E-state index contributed by atoms with van der Waals surface area (Å²) < 4.78 is 5.70. The van der Waals surface area contributed by atoms with Crippen molar-refractivity contribution in [3.05, 3.63) is 29.3 Å². The van der Waals surface area contributed by atoms with Gasteiger partial charge in [0.05, 0.1) is 18.7 Å². The Morgan fingerprint density at radius 2 is 2.10 bits per heavy atom. The van der Waals surface area contributed by atoms with E-state index in [-0.39, 0.29) is 5.78 Å². The predicted octanol–water partition coefficient (Wildman–Crippen LogP) is 1.87. The van der Waals surface area contributed by atoms with E-state index in [4.69, 9.17) is 4.74 Å². The van der Waals surface area contributed by atoms with Gasteiger partial charge in [-0.25, -0.2) is 0 Å². The Morgan fingerprint density at radius 1 is 1.35 bits per heavy atom. The molecular formula is C16H24N2O2. The zero-order valence-corrected chi connectivity index (χ0v) is 12.4. The number of Topliss-reactive ketones (excluding diaryl/α,β-unsaturated/α-hetero) is 1. The van der Waals surface area contributed by atoms with Crippen LogP contribution in [0.2, 0.25) is 0 Å². The molecular weight excluding hydrogens is 252 g/mol. The zero-order valence-electron chi connectivity index (χ0n) is 12.4. The highest BCUT2D eigenvalue weighted by Gasteiger charge is 2.18. The molecule has 1 aliphatic rings. The standard InChI is InChI=1S/C16H24N2O2/c1-3-10-20-16-5-4-13(2)11-14(16)15(19)12-18-8-6-17-7-9-18/h4-5,11,17H,3,6-10,12H2,1-2H3. The molecule has 0 spiro atoms. The highest BCUT2D eigenvalue weighted by molar-refractivity contribution is 6.00. The highest BCUT2D eigenvalue weighted by atomic mass is 16.5. The minimum atomic E-state index is 0.154. The molecule has 2 rings (SSSR count). The highest BCUT2D eigenvalue weighted by Crippen LogP contribution is 2.21. The minimum Gasteiger partial charge on any atom is -0.493 e. The number of piperazine rings is 1. The van der Waals surface area contributed by atoms with Crippen LogP contribution in [0.4, 0.5) is 0 Å². The Hall–Kier alpha value is -1.39. The summed E-state index contributed by atoms with van der Waals surface area (Å²) in [5.41, 5.74) is 1.81. The summed E-state index contributed by atoms with van der Waals surface area (Å²) in [7, 11) is 0. The molecule has 0 unspecified atom stereocenters. The Bertz CT molecular complexity index is 454. The van der Waals surface area contributed by atoms with E-state index in [0.29, 0.717) is 13.2 Å². The molecule has 1 fully saturated rings. The van der Waals surface area contributed by atoms with Gasteiger partial charge in [-0.3, -0.25) is 9.69 Å². The normalized spacial score (nSPS) is 16.1. The van der Waals surface area contributed by atoms with E-state index in [0.717, 1.165) is 49.5 Å². The molecule has 20 heavy (non-hydrogen) atoms. The van der Waals surface area contributed by atoms with Crippen LogP contribution in [-0.4, -0.2) is 50.0 Å². The van der Waals surface area contributed by atoms with Crippen molar-refractivity contribution in [2.75, 3.05) is 39.3 Å². The molecule has 0 radical (unpaired) electrons. The van der Waals surface area contributed by atoms with Crippen molar-refractivity contribution >= 4 is 5.78 Å². The van der Waals surface area contributed by atoms with Gasteiger partial charge in [-0.2, -0.15) is 0 Å². The first-order valence-corrected chi connectivity index (χ1v) is 7.40. The van der Waals surface area contributed by atoms with Gasteiger partial charge >= 0.3 is 0 Å². The van der Waals surface area contributed by atoms with Gasteiger partial charge in [-0.05, 0) is 25.5 Å². The summed E-state index contributed by atoms with van der Waals surface area (Å²) in [6.07, 6.45) is 0.944. The van der Waals surface area contributed by atoms with E-state index in [1.54, 1.807) is 0 Å². The van der Waals surface area contributed by atoms with Crippen LogP contribution in [0, 0.1) is 6.92 Å². The third kappa shape index (κ3) is 4.05. The molecule has 1 aromatic carbocycles. The molecule has 110 valence electrons. The maximum absolute atomic E-state index is 12.5. The number of nitrogens with one attached hydrogen (secondary N) is 1. The number of nitrogens with zero attached hydrogens (tertiary/aromatic N) is 1. The van der Waals surface area contributed by atoms with E-state index in [1.807, 2.05) is 25.1 Å². The zero-order chi connectivity index (χ0) is 14.4. The van der Waals surface area contributed by atoms with E-state index < -0.39 is 0 Å². The summed E-state index contributed by atoms with van der Waals surface area (Å²) in [4.78, 5) is 14.7. The summed E-state index contributed by atoms with van der Waals surface area (Å²) in [6.45, 7) is 8.98. The van der Waals surface area contributed by atoms with E-state index in [1.165, 1.54) is 0 Å². The van der Waals surface area contributed by atoms with Crippen molar-refractivity contribution in [3.8, 4) is 5.75 Å². The smallest absolute Gasteiger partial charge is 0.180 e. The fraction of sp³-hybridized carbons (Fsp3) is 0.562. The van der Waals surface area contributed by atoms with E-state index in [2.05, 4.69) is 17.1 Å². The summed E-state index contributed by atoms with van der Waals surface area (Å²) in [5.74, 6) is 0.874. The molecule has 1 aliphatic heterocycles. The first-order chi connectivity index (χ1) is 9.70. The molecule has 0 aromatic heterocycles. The second-order valence-corrected chi connectivity index (χ2v) is 5.30. The predicted molar refractivity (Wildman–Crippen MR) is 80.6 cm³/mol. The van der Waals surface area contributed by atoms with Gasteiger partial charge in [0.2, 0.25) is 0 Å². The molecule has 1 aromatic rings. The minimum absolute atomic E-state index is 0.154. The van der Waals surface area contributed by atoms with Gasteiger partial charge in [0, 0.05) is 26.2 Å². The fourth-order valence-corrected chi connectivity index (χ4v) is 2.36. The van der Waals surface area contributed by atoms with Crippen molar-refractivity contribution in [1.29, 1.82) is 0 Å². The van der Waals surface area contributed by atoms with Gasteiger partial charge in [0.15, 0.2) is 5.78 Å². The summed E-state index contributed by atoms with van der Waals surface area (Å²) in [5, 5.41) is 3.30. The molecule has 0 aliphatic carbocycles. The Balaban J connectivity index is 2.08. The second-order valence-electron chi connectivity index (χ2n) is 5.30. The Labute approximate surface area is 121 Å². The number of carbonyl (C=O) groups is 1. The first-order valence-electron chi connectivity index (χ1n) is 7.40. The topological polar surface area (TPSA) is 41.6 Å². The van der Waals surface area contributed by atoms with Crippen LogP contribution in [-0.2, 0) is 0 Å². The van der Waals surface area contributed by atoms with Crippen molar-refractivity contribution < 1.29 is 9.53 Å². The van der Waals surface area contributed by atoms with Gasteiger partial charge in [-0.15, -0.1) is 0 Å². The van der Waals surface area contributed by atoms with Gasteiger partial charge < -0.3 is 10.1 Å². The maximum Gasteiger partial charge on any atom is 0.180 e. The first kappa shape index (κ1) is 15.0. The van der Waals surface area contributed by atoms with Crippen LogP contribution in [0.5, 0.6) is 5.75 Å². The molecule has 1 saturated heterocycles. The summed E-state index contributed by atoms with van der Waals surface area (Å²) >= 11 is 0. The molecule has 4 heteroatoms. The summed E-state index contributed by atoms with van der Waals surface area (Å²) in [6, 6.07) is 5.85. The molecule has 1 heterocycles. The largest absolute Gasteiger partial charge is 0.493 e. The van der Waals surface area contributed by atoms with Crippen LogP contribution in [0.1, 0.15) is 29.3 Å². The molecule has 0 amide bonds. The number of benzene rings is 1. The number of hydrogen-bond acceptors (Lipinski definition) is 4. The van der Waals surface area contributed by atoms with Crippen LogP contribution in [0.15, 0.2) is 18.2 Å². The maximum atomic E-state index is 12.5. The Kier molecular flexibility index (Phi) is 5.56. The fourth-order valence-electron chi connectivity index (χ4n) is 2.36. The van der Waals surface area contributed by atoms with E-state index in [9.17, 15) is 4.79 Å². The lowest BCUT2D eigenvalue weighted by Crippen LogP contribution is -2.45. The molecule has 0 saturated carbocycles. The third-order valence-corrected chi connectivity index (χ3v) is 3.47. The van der Waals surface area contributed by atoms with Crippen LogP contribution in [0.25, 0.3) is 0 Å². The number of ether oxygens (including phenoxy) is 1. The average Bonchev–Trinajstić information content (AvgIpc) is 2.47. The number of carbonyl (C=O) groups excluding carboxylic acids is 1. The lowest BCUT2D eigenvalue weighted by atomic mass is 10.1. The van der Waals surface area contributed by atoms with Gasteiger partial charge in [-0.1, -0.05) is 18.6 Å². The number of rotatable bonds is 6. The van der Waals surface area contributed by atoms with Crippen molar-refractivity contribution in [2.24, 2.45) is 0 Å². The van der Waals surface area contributed by atoms with Gasteiger partial charge in [0.25, 0.3) is 0 Å². The quantitative estimate of drug-likeness (QED) is 0.805. The lowest BCUT2D eigenvalue weighted by molar-refractivity contribution is 0.0917. The van der Waals surface area contributed by atoms with Crippen LogP contribution < -0.4 is 10.1 Å². The SMILES string of the molecule is CCCOc1ccc(C)cc1C(=O)CN1CCNCC1. The molecule has 1 N–H and O–H groups in total. The average molecular weight is 276 g/mol. The number of aryl methyl sites for hydroxylation is 1. The second kappa shape index (κ2) is 7.41. The third-order valence-electron chi connectivity index (χ3n) is 3.47. The van der Waals surface area contributed by atoms with Gasteiger partial charge in [0.1, 0.15) is 5.75 Å². The van der Waals surface area contributed by atoms with Crippen LogP contribution in [0.3, 0.4) is 0 Å². The lowest BCUT2D eigenvalue weighted by Gasteiger charge is -2.26. The number of hydrogen-bond donors (Lipinski definition) is 1. The van der Waals surface area contributed by atoms with E-state index >= 15 is 0 Å². The van der Waals surface area contributed by atoms with Crippen molar-refractivity contribution in [3.63, 3.8) is 0 Å². The van der Waals surface area contributed by atoms with Crippen LogP contribution >= 0.6 is 0 Å². The monoisotopic (exact) mass is 276 g/mol. The number of ketones is 1. The molecule has 0 bridgehead atoms. The van der Waals surface area contributed by atoms with Crippen molar-refractivity contribution in [1.82, 2.24) is 10.2 Å². The van der Waals surface area contributed by atoms with Crippen molar-refractivity contribution in [2.45, 2.75) is 20.3 Å². The molecule has 4 nitrogen and oxygen atoms in total. The molecule has 0 atom stereocenters.